The van der Waals surface area contributed by atoms with E-state index >= 15 is 0 Å². The molecule has 0 saturated carbocycles. The molecule has 0 fully saturated rings. The van der Waals surface area contributed by atoms with Gasteiger partial charge in [0.1, 0.15) is 11.8 Å². The fourth-order valence-electron chi connectivity index (χ4n) is 1.64. The Bertz CT molecular complexity index is 636. The van der Waals surface area contributed by atoms with Crippen molar-refractivity contribution >= 4 is 17.1 Å². The molecule has 0 aliphatic carbocycles. The van der Waals surface area contributed by atoms with Crippen LogP contribution in [-0.4, -0.2) is 6.61 Å². The number of nitrogens with one attached hydrogen (secondary N) is 1. The monoisotopic (exact) mass is 275 g/mol. The maximum absolute atomic E-state index is 12.0. The maximum atomic E-state index is 12.0. The molecule has 0 aliphatic rings. The van der Waals surface area contributed by atoms with Crippen molar-refractivity contribution in [3.8, 4) is 11.8 Å². The lowest BCUT2D eigenvalue weighted by Crippen LogP contribution is -2.01. The summed E-state index contributed by atoms with van der Waals surface area (Å²) < 4.78 is 28.3. The largest absolute Gasteiger partial charge is 0.435 e. The topological polar surface area (TPSA) is 71.1 Å². The molecule has 2 aromatic rings. The summed E-state index contributed by atoms with van der Waals surface area (Å²) >= 11 is 0. The molecule has 3 N–H and O–H groups in total. The van der Waals surface area contributed by atoms with Gasteiger partial charge in [-0.05, 0) is 42.5 Å². The molecule has 0 saturated heterocycles. The van der Waals surface area contributed by atoms with Crippen LogP contribution in [0.15, 0.2) is 42.5 Å². The van der Waals surface area contributed by atoms with Crippen LogP contribution in [0.1, 0.15) is 5.56 Å². The van der Waals surface area contributed by atoms with Gasteiger partial charge in [-0.15, -0.1) is 0 Å². The number of nitriles is 1. The van der Waals surface area contributed by atoms with Gasteiger partial charge in [-0.25, -0.2) is 0 Å². The fourth-order valence-corrected chi connectivity index (χ4v) is 1.64. The number of rotatable bonds is 4. The van der Waals surface area contributed by atoms with Crippen molar-refractivity contribution in [2.24, 2.45) is 0 Å². The molecule has 0 unspecified atom stereocenters. The van der Waals surface area contributed by atoms with Crippen LogP contribution in [0.4, 0.5) is 25.8 Å². The average Bonchev–Trinajstić information content (AvgIpc) is 2.42. The molecular formula is C14H11F2N3O. The minimum Gasteiger partial charge on any atom is -0.435 e. The fraction of sp³-hybridized carbons (Fsp3) is 0.0714. The number of alkyl halides is 2. The van der Waals surface area contributed by atoms with Crippen LogP contribution in [0.25, 0.3) is 0 Å². The molecule has 0 atom stereocenters. The van der Waals surface area contributed by atoms with Crippen LogP contribution in [0.2, 0.25) is 0 Å². The molecule has 4 nitrogen and oxygen atoms in total. The Labute approximate surface area is 114 Å². The summed E-state index contributed by atoms with van der Waals surface area (Å²) in [6.07, 6.45) is 0. The normalized spacial score (nSPS) is 10.1. The van der Waals surface area contributed by atoms with Crippen LogP contribution < -0.4 is 15.8 Å². The van der Waals surface area contributed by atoms with Crippen LogP contribution in [0, 0.1) is 11.3 Å². The summed E-state index contributed by atoms with van der Waals surface area (Å²) in [5.74, 6) is 0.0726. The number of hydrogen-bond donors (Lipinski definition) is 2. The molecule has 0 amide bonds. The van der Waals surface area contributed by atoms with Gasteiger partial charge < -0.3 is 15.8 Å². The zero-order valence-corrected chi connectivity index (χ0v) is 10.3. The zero-order valence-electron chi connectivity index (χ0n) is 10.3. The molecule has 20 heavy (non-hydrogen) atoms. The van der Waals surface area contributed by atoms with E-state index in [1.54, 1.807) is 30.3 Å². The Balaban J connectivity index is 2.16. The van der Waals surface area contributed by atoms with Gasteiger partial charge in [-0.3, -0.25) is 0 Å². The van der Waals surface area contributed by atoms with Crippen LogP contribution >= 0.6 is 0 Å². The Morgan fingerprint density at radius 2 is 1.85 bits per heavy atom. The van der Waals surface area contributed by atoms with Crippen molar-refractivity contribution in [1.29, 1.82) is 5.26 Å². The number of anilines is 3. The number of nitrogen functional groups attached to an aromatic ring is 1. The Morgan fingerprint density at radius 3 is 2.45 bits per heavy atom. The first kappa shape index (κ1) is 13.6. The van der Waals surface area contributed by atoms with Gasteiger partial charge in [0.25, 0.3) is 0 Å². The number of halogens is 2. The Hall–Kier alpha value is -2.81. The van der Waals surface area contributed by atoms with E-state index in [-0.39, 0.29) is 5.75 Å². The molecule has 2 rings (SSSR count). The predicted octanol–water partition coefficient (Wildman–Crippen LogP) is 3.49. The van der Waals surface area contributed by atoms with Gasteiger partial charge in [-0.1, -0.05) is 0 Å². The van der Waals surface area contributed by atoms with E-state index < -0.39 is 6.61 Å². The lowest BCUT2D eigenvalue weighted by molar-refractivity contribution is -0.0498. The van der Waals surface area contributed by atoms with E-state index in [2.05, 4.69) is 10.1 Å². The molecule has 0 spiro atoms. The van der Waals surface area contributed by atoms with Gasteiger partial charge in [0.2, 0.25) is 0 Å². The number of nitrogens with two attached hydrogens (primary N) is 1. The van der Waals surface area contributed by atoms with E-state index in [4.69, 9.17) is 11.0 Å². The Kier molecular flexibility index (Phi) is 4.01. The number of hydrogen-bond acceptors (Lipinski definition) is 4. The van der Waals surface area contributed by atoms with Crippen LogP contribution in [0.5, 0.6) is 5.75 Å². The van der Waals surface area contributed by atoms with E-state index in [1.807, 2.05) is 6.07 Å². The second-order valence-electron chi connectivity index (χ2n) is 3.94. The number of nitrogens with zero attached hydrogens (tertiary/aromatic N) is 1. The lowest BCUT2D eigenvalue weighted by Gasteiger charge is -2.10. The highest BCUT2D eigenvalue weighted by Gasteiger charge is 2.05. The van der Waals surface area contributed by atoms with Gasteiger partial charge >= 0.3 is 6.61 Å². The zero-order chi connectivity index (χ0) is 14.5. The van der Waals surface area contributed by atoms with E-state index in [9.17, 15) is 8.78 Å². The molecule has 0 heterocycles. The number of benzene rings is 2. The third-order valence-electron chi connectivity index (χ3n) is 2.52. The predicted molar refractivity (Wildman–Crippen MR) is 71.9 cm³/mol. The molecule has 0 bridgehead atoms. The summed E-state index contributed by atoms with van der Waals surface area (Å²) in [6.45, 7) is -2.85. The first-order valence-electron chi connectivity index (χ1n) is 5.70. The number of ether oxygens (including phenoxy) is 1. The highest BCUT2D eigenvalue weighted by Crippen LogP contribution is 2.24. The van der Waals surface area contributed by atoms with Crippen molar-refractivity contribution in [2.45, 2.75) is 6.61 Å². The summed E-state index contributed by atoms with van der Waals surface area (Å²) in [4.78, 5) is 0. The molecule has 102 valence electrons. The third kappa shape index (κ3) is 3.36. The van der Waals surface area contributed by atoms with Gasteiger partial charge in [0, 0.05) is 11.4 Å². The molecule has 0 aromatic heterocycles. The van der Waals surface area contributed by atoms with E-state index in [0.717, 1.165) is 0 Å². The average molecular weight is 275 g/mol. The second kappa shape index (κ2) is 5.89. The van der Waals surface area contributed by atoms with Crippen molar-refractivity contribution in [2.75, 3.05) is 11.1 Å². The van der Waals surface area contributed by atoms with Crippen molar-refractivity contribution in [3.63, 3.8) is 0 Å². The van der Waals surface area contributed by atoms with E-state index in [1.165, 1.54) is 12.1 Å². The van der Waals surface area contributed by atoms with Crippen molar-refractivity contribution in [1.82, 2.24) is 0 Å². The molecule has 6 heteroatoms. The third-order valence-corrected chi connectivity index (χ3v) is 2.52. The van der Waals surface area contributed by atoms with Gasteiger partial charge in [-0.2, -0.15) is 14.0 Å². The minimum absolute atomic E-state index is 0.0726. The molecule has 2 aromatic carbocycles. The minimum atomic E-state index is -2.85. The lowest BCUT2D eigenvalue weighted by atomic mass is 10.1. The summed E-state index contributed by atoms with van der Waals surface area (Å²) in [5, 5.41) is 12.0. The SMILES string of the molecule is N#Cc1cc(N)ccc1Nc1ccc(OC(F)F)cc1. The van der Waals surface area contributed by atoms with Crippen LogP contribution in [0.3, 0.4) is 0 Å². The highest BCUT2D eigenvalue weighted by molar-refractivity contribution is 5.69. The van der Waals surface area contributed by atoms with E-state index in [0.29, 0.717) is 22.6 Å². The molecule has 0 aliphatic heterocycles. The summed E-state index contributed by atoms with van der Waals surface area (Å²) in [7, 11) is 0. The standard InChI is InChI=1S/C14H11F2N3O/c15-14(16)20-12-4-2-11(3-5-12)19-13-6-1-10(18)7-9(13)8-17/h1-7,14,19H,18H2. The quantitative estimate of drug-likeness (QED) is 0.838. The van der Waals surface area contributed by atoms with Gasteiger partial charge in [0.05, 0.1) is 11.3 Å². The first-order chi connectivity index (χ1) is 9.58. The summed E-state index contributed by atoms with van der Waals surface area (Å²) in [5.41, 5.74) is 7.72. The molecule has 0 radical (unpaired) electrons. The van der Waals surface area contributed by atoms with Crippen molar-refractivity contribution in [3.05, 3.63) is 48.0 Å². The summed E-state index contributed by atoms with van der Waals surface area (Å²) in [6, 6.07) is 12.9. The molecular weight excluding hydrogens is 264 g/mol. The van der Waals surface area contributed by atoms with Crippen molar-refractivity contribution < 1.29 is 13.5 Å². The van der Waals surface area contributed by atoms with Gasteiger partial charge in [0.15, 0.2) is 0 Å². The second-order valence-corrected chi connectivity index (χ2v) is 3.94. The van der Waals surface area contributed by atoms with Crippen LogP contribution in [-0.2, 0) is 0 Å². The Morgan fingerprint density at radius 1 is 1.15 bits per heavy atom. The maximum Gasteiger partial charge on any atom is 0.387 e. The smallest absolute Gasteiger partial charge is 0.387 e. The highest BCUT2D eigenvalue weighted by atomic mass is 19.3. The first-order valence-corrected chi connectivity index (χ1v) is 5.70.